The molecule has 0 aliphatic carbocycles. The molecular weight excluding hydrogens is 140 g/mol. The molecule has 1 atom stereocenters. The topological polar surface area (TPSA) is 29.5 Å². The van der Waals surface area contributed by atoms with Gasteiger partial charge in [-0.1, -0.05) is 32.6 Å². The Morgan fingerprint density at radius 1 is 1.27 bits per heavy atom. The lowest BCUT2D eigenvalue weighted by Gasteiger charge is -2.07. The maximum absolute atomic E-state index is 9.22. The van der Waals surface area contributed by atoms with Gasteiger partial charge >= 0.3 is 0 Å². The molecule has 0 bridgehead atoms. The van der Waals surface area contributed by atoms with E-state index in [1.807, 2.05) is 0 Å². The third-order valence-electron chi connectivity index (χ3n) is 1.75. The maximum Gasteiger partial charge on any atom is 0.0773 e. The summed E-state index contributed by atoms with van der Waals surface area (Å²) in [5.41, 5.74) is 0. The van der Waals surface area contributed by atoms with Gasteiger partial charge in [-0.15, -0.1) is 0 Å². The van der Waals surface area contributed by atoms with Crippen molar-refractivity contribution in [3.8, 4) is 0 Å². The van der Waals surface area contributed by atoms with Gasteiger partial charge in [0.1, 0.15) is 0 Å². The number of ether oxygens (including phenoxy) is 1. The number of hydrogen-bond acceptors (Lipinski definition) is 2. The second-order valence-corrected chi connectivity index (χ2v) is 2.96. The summed E-state index contributed by atoms with van der Waals surface area (Å²) in [4.78, 5) is 0. The zero-order valence-electron chi connectivity index (χ0n) is 7.68. The van der Waals surface area contributed by atoms with Gasteiger partial charge in [0, 0.05) is 7.11 Å². The Balaban J connectivity index is 2.97. The van der Waals surface area contributed by atoms with Gasteiger partial charge in [0.25, 0.3) is 0 Å². The van der Waals surface area contributed by atoms with Crippen molar-refractivity contribution in [3.05, 3.63) is 0 Å². The average molecular weight is 160 g/mol. The Labute approximate surface area is 69.6 Å². The molecule has 0 spiro atoms. The fourth-order valence-corrected chi connectivity index (χ4v) is 1.08. The second kappa shape index (κ2) is 8.02. The first-order valence-corrected chi connectivity index (χ1v) is 4.48. The van der Waals surface area contributed by atoms with Gasteiger partial charge in [0.15, 0.2) is 0 Å². The van der Waals surface area contributed by atoms with E-state index in [2.05, 4.69) is 6.92 Å². The minimum absolute atomic E-state index is 0.253. The van der Waals surface area contributed by atoms with Crippen LogP contribution in [0.4, 0.5) is 0 Å². The summed E-state index contributed by atoms with van der Waals surface area (Å²) in [5, 5.41) is 9.22. The van der Waals surface area contributed by atoms with Crippen LogP contribution in [0.3, 0.4) is 0 Å². The zero-order valence-corrected chi connectivity index (χ0v) is 7.68. The van der Waals surface area contributed by atoms with Crippen molar-refractivity contribution in [2.24, 2.45) is 0 Å². The Bertz CT molecular complexity index is 74.0. The number of aliphatic hydroxyl groups excluding tert-OH is 1. The quantitative estimate of drug-likeness (QED) is 0.577. The molecule has 2 nitrogen and oxygen atoms in total. The minimum atomic E-state index is -0.253. The number of rotatable bonds is 7. The molecule has 2 heteroatoms. The van der Waals surface area contributed by atoms with Gasteiger partial charge in [-0.3, -0.25) is 0 Å². The van der Waals surface area contributed by atoms with Crippen molar-refractivity contribution in [1.29, 1.82) is 0 Å². The standard InChI is InChI=1S/C9H20O2/c1-3-4-5-6-7-9(10)8-11-2/h9-10H,3-8H2,1-2H3/t9-/m1/s1. The number of unbranched alkanes of at least 4 members (excludes halogenated alkanes) is 3. The maximum atomic E-state index is 9.22. The largest absolute Gasteiger partial charge is 0.391 e. The monoisotopic (exact) mass is 160 g/mol. The molecule has 68 valence electrons. The zero-order chi connectivity index (χ0) is 8.53. The van der Waals surface area contributed by atoms with Gasteiger partial charge < -0.3 is 9.84 Å². The van der Waals surface area contributed by atoms with E-state index in [1.165, 1.54) is 19.3 Å². The third-order valence-corrected chi connectivity index (χ3v) is 1.75. The molecule has 0 saturated carbocycles. The van der Waals surface area contributed by atoms with Crippen LogP contribution < -0.4 is 0 Å². The van der Waals surface area contributed by atoms with Crippen molar-refractivity contribution in [2.75, 3.05) is 13.7 Å². The van der Waals surface area contributed by atoms with Gasteiger partial charge in [-0.05, 0) is 6.42 Å². The van der Waals surface area contributed by atoms with Gasteiger partial charge in [0.05, 0.1) is 12.7 Å². The Morgan fingerprint density at radius 3 is 2.55 bits per heavy atom. The lowest BCUT2D eigenvalue weighted by molar-refractivity contribution is 0.0576. The van der Waals surface area contributed by atoms with E-state index in [0.717, 1.165) is 12.8 Å². The SMILES string of the molecule is CCCCCC[C@@H](O)COC. The van der Waals surface area contributed by atoms with Gasteiger partial charge in [-0.25, -0.2) is 0 Å². The van der Waals surface area contributed by atoms with E-state index >= 15 is 0 Å². The molecule has 0 rings (SSSR count). The molecule has 0 aromatic rings. The van der Waals surface area contributed by atoms with Crippen LogP contribution in [0.25, 0.3) is 0 Å². The summed E-state index contributed by atoms with van der Waals surface area (Å²) in [5.74, 6) is 0. The number of aliphatic hydroxyl groups is 1. The van der Waals surface area contributed by atoms with Crippen LogP contribution in [-0.4, -0.2) is 24.9 Å². The third kappa shape index (κ3) is 7.82. The van der Waals surface area contributed by atoms with Crippen LogP contribution in [0.1, 0.15) is 39.0 Å². The van der Waals surface area contributed by atoms with E-state index in [0.29, 0.717) is 6.61 Å². The lowest BCUT2D eigenvalue weighted by atomic mass is 10.1. The molecule has 0 unspecified atom stereocenters. The predicted octanol–water partition coefficient (Wildman–Crippen LogP) is 1.96. The number of hydrogen-bond donors (Lipinski definition) is 1. The molecule has 0 saturated heterocycles. The van der Waals surface area contributed by atoms with Crippen LogP contribution in [-0.2, 0) is 4.74 Å². The Hall–Kier alpha value is -0.0800. The highest BCUT2D eigenvalue weighted by atomic mass is 16.5. The summed E-state index contributed by atoms with van der Waals surface area (Å²) in [7, 11) is 1.62. The van der Waals surface area contributed by atoms with Crippen molar-refractivity contribution in [1.82, 2.24) is 0 Å². The lowest BCUT2D eigenvalue weighted by Crippen LogP contribution is -2.13. The molecule has 0 radical (unpaired) electrons. The van der Waals surface area contributed by atoms with E-state index in [9.17, 15) is 5.11 Å². The Kier molecular flexibility index (Phi) is 7.96. The summed E-state index contributed by atoms with van der Waals surface area (Å²) in [6.07, 6.45) is 5.51. The van der Waals surface area contributed by atoms with Gasteiger partial charge in [0.2, 0.25) is 0 Å². The van der Waals surface area contributed by atoms with E-state index < -0.39 is 0 Å². The molecule has 0 aliphatic heterocycles. The van der Waals surface area contributed by atoms with Crippen molar-refractivity contribution < 1.29 is 9.84 Å². The van der Waals surface area contributed by atoms with Crippen molar-refractivity contribution in [2.45, 2.75) is 45.1 Å². The Morgan fingerprint density at radius 2 is 2.00 bits per heavy atom. The summed E-state index contributed by atoms with van der Waals surface area (Å²) in [6.45, 7) is 2.66. The molecular formula is C9H20O2. The van der Waals surface area contributed by atoms with Crippen LogP contribution in [0.5, 0.6) is 0 Å². The highest BCUT2D eigenvalue weighted by molar-refractivity contribution is 4.53. The predicted molar refractivity (Wildman–Crippen MR) is 46.6 cm³/mol. The first-order chi connectivity index (χ1) is 5.31. The highest BCUT2D eigenvalue weighted by Crippen LogP contribution is 2.05. The van der Waals surface area contributed by atoms with E-state index in [4.69, 9.17) is 4.74 Å². The average Bonchev–Trinajstić information content (AvgIpc) is 1.99. The normalized spacial score (nSPS) is 13.4. The molecule has 11 heavy (non-hydrogen) atoms. The van der Waals surface area contributed by atoms with Crippen LogP contribution in [0.15, 0.2) is 0 Å². The molecule has 0 fully saturated rings. The molecule has 1 N–H and O–H groups in total. The van der Waals surface area contributed by atoms with E-state index in [1.54, 1.807) is 7.11 Å². The molecule has 0 aromatic heterocycles. The smallest absolute Gasteiger partial charge is 0.0773 e. The van der Waals surface area contributed by atoms with Crippen LogP contribution >= 0.6 is 0 Å². The summed E-state index contributed by atoms with van der Waals surface area (Å²) in [6, 6.07) is 0. The van der Waals surface area contributed by atoms with Crippen LogP contribution in [0, 0.1) is 0 Å². The fraction of sp³-hybridized carbons (Fsp3) is 1.00. The fourth-order valence-electron chi connectivity index (χ4n) is 1.08. The summed E-state index contributed by atoms with van der Waals surface area (Å²) >= 11 is 0. The van der Waals surface area contributed by atoms with E-state index in [-0.39, 0.29) is 6.10 Å². The minimum Gasteiger partial charge on any atom is -0.391 e. The van der Waals surface area contributed by atoms with Crippen LogP contribution in [0.2, 0.25) is 0 Å². The molecule has 0 amide bonds. The van der Waals surface area contributed by atoms with Crippen molar-refractivity contribution in [3.63, 3.8) is 0 Å². The summed E-state index contributed by atoms with van der Waals surface area (Å²) < 4.78 is 4.81. The first-order valence-electron chi connectivity index (χ1n) is 4.48. The number of methoxy groups -OCH3 is 1. The van der Waals surface area contributed by atoms with Gasteiger partial charge in [-0.2, -0.15) is 0 Å². The highest BCUT2D eigenvalue weighted by Gasteiger charge is 2.01. The molecule has 0 heterocycles. The molecule has 0 aromatic carbocycles. The first kappa shape index (κ1) is 10.9. The van der Waals surface area contributed by atoms with Crippen molar-refractivity contribution >= 4 is 0 Å². The second-order valence-electron chi connectivity index (χ2n) is 2.96. The molecule has 0 aliphatic rings.